The van der Waals surface area contributed by atoms with Gasteiger partial charge in [0.15, 0.2) is 0 Å². The van der Waals surface area contributed by atoms with Crippen LogP contribution in [0.4, 0.5) is 0 Å². The van der Waals surface area contributed by atoms with E-state index in [4.69, 9.17) is 0 Å². The Balaban J connectivity index is 2.69. The highest BCUT2D eigenvalue weighted by Crippen LogP contribution is 2.24. The van der Waals surface area contributed by atoms with Crippen LogP contribution in [-0.2, 0) is 0 Å². The van der Waals surface area contributed by atoms with Crippen LogP contribution >= 0.6 is 0 Å². The van der Waals surface area contributed by atoms with Crippen molar-refractivity contribution in [2.24, 2.45) is 0 Å². The normalized spacial score (nSPS) is 11.9. The van der Waals surface area contributed by atoms with Crippen molar-refractivity contribution in [3.8, 4) is 0 Å². The van der Waals surface area contributed by atoms with E-state index in [1.807, 2.05) is 0 Å². The summed E-state index contributed by atoms with van der Waals surface area (Å²) in [6, 6.07) is 2.56. The van der Waals surface area contributed by atoms with E-state index in [2.05, 4.69) is 54.5 Å². The van der Waals surface area contributed by atoms with Gasteiger partial charge in [0.1, 0.15) is 12.0 Å². The van der Waals surface area contributed by atoms with E-state index in [0.29, 0.717) is 12.0 Å². The first kappa shape index (κ1) is 10.1. The smallest absolute Gasteiger partial charge is 0.143 e. The van der Waals surface area contributed by atoms with Crippen molar-refractivity contribution in [2.75, 3.05) is 0 Å². The Morgan fingerprint density at radius 1 is 1.13 bits per heavy atom. The Bertz CT molecular complexity index is 469. The van der Waals surface area contributed by atoms with Gasteiger partial charge in [-0.1, -0.05) is 13.8 Å². The van der Waals surface area contributed by atoms with Gasteiger partial charge in [0.05, 0.1) is 5.69 Å². The molecule has 0 atom stereocenters. The fourth-order valence-corrected chi connectivity index (χ4v) is 1.87. The molecule has 0 bridgehead atoms. The van der Waals surface area contributed by atoms with Crippen LogP contribution in [-0.4, -0.2) is 14.5 Å². The van der Waals surface area contributed by atoms with Gasteiger partial charge in [-0.05, 0) is 25.8 Å². The Labute approximate surface area is 90.2 Å². The van der Waals surface area contributed by atoms with E-state index < -0.39 is 0 Å². The van der Waals surface area contributed by atoms with Gasteiger partial charge in [-0.3, -0.25) is 0 Å². The Hall–Kier alpha value is -1.38. The lowest BCUT2D eigenvalue weighted by Gasteiger charge is -2.09. The second kappa shape index (κ2) is 3.65. The van der Waals surface area contributed by atoms with E-state index >= 15 is 0 Å². The first-order valence-electron chi connectivity index (χ1n) is 5.42. The molecule has 0 radical (unpaired) electrons. The molecule has 0 aliphatic carbocycles. The van der Waals surface area contributed by atoms with E-state index in [1.165, 1.54) is 5.39 Å². The van der Waals surface area contributed by atoms with Gasteiger partial charge in [0, 0.05) is 17.6 Å². The number of fused-ring (bicyclic) bond motifs is 1. The van der Waals surface area contributed by atoms with Crippen molar-refractivity contribution in [1.29, 1.82) is 0 Å². The molecule has 0 amide bonds. The van der Waals surface area contributed by atoms with Gasteiger partial charge >= 0.3 is 0 Å². The van der Waals surface area contributed by atoms with Crippen molar-refractivity contribution in [3.63, 3.8) is 0 Å². The minimum Gasteiger partial charge on any atom is -0.330 e. The number of hydrogen-bond donors (Lipinski definition) is 0. The lowest BCUT2D eigenvalue weighted by molar-refractivity contribution is 0.617. The number of hydrogen-bond acceptors (Lipinski definition) is 2. The van der Waals surface area contributed by atoms with E-state index in [9.17, 15) is 0 Å². The minimum absolute atomic E-state index is 0.442. The van der Waals surface area contributed by atoms with Gasteiger partial charge in [-0.2, -0.15) is 0 Å². The zero-order valence-corrected chi connectivity index (χ0v) is 9.73. The largest absolute Gasteiger partial charge is 0.330 e. The SMILES string of the molecule is CC(C)c1ncnc2c1ccn2C(C)C. The van der Waals surface area contributed by atoms with Crippen LogP contribution in [0.5, 0.6) is 0 Å². The lowest BCUT2D eigenvalue weighted by atomic mass is 10.1. The number of nitrogens with zero attached hydrogens (tertiary/aromatic N) is 3. The molecule has 2 rings (SSSR count). The minimum atomic E-state index is 0.442. The summed E-state index contributed by atoms with van der Waals surface area (Å²) in [7, 11) is 0. The average Bonchev–Trinajstić information content (AvgIpc) is 2.59. The Kier molecular flexibility index (Phi) is 2.47. The van der Waals surface area contributed by atoms with Crippen LogP contribution in [0, 0.1) is 0 Å². The number of aromatic nitrogens is 3. The monoisotopic (exact) mass is 203 g/mol. The topological polar surface area (TPSA) is 30.7 Å². The summed E-state index contributed by atoms with van der Waals surface area (Å²) >= 11 is 0. The highest BCUT2D eigenvalue weighted by Gasteiger charge is 2.11. The number of rotatable bonds is 2. The zero-order chi connectivity index (χ0) is 11.0. The third-order valence-corrected chi connectivity index (χ3v) is 2.64. The molecule has 2 aromatic rings. The highest BCUT2D eigenvalue weighted by atomic mass is 15.1. The molecule has 2 heterocycles. The fraction of sp³-hybridized carbons (Fsp3) is 0.500. The van der Waals surface area contributed by atoms with Crippen molar-refractivity contribution >= 4 is 11.0 Å². The molecule has 3 nitrogen and oxygen atoms in total. The third kappa shape index (κ3) is 1.62. The second-order valence-corrected chi connectivity index (χ2v) is 4.47. The molecule has 0 fully saturated rings. The summed E-state index contributed by atoms with van der Waals surface area (Å²) in [4.78, 5) is 8.71. The summed E-state index contributed by atoms with van der Waals surface area (Å²) in [6.07, 6.45) is 3.76. The second-order valence-electron chi connectivity index (χ2n) is 4.47. The molecule has 0 aromatic carbocycles. The predicted octanol–water partition coefficient (Wildman–Crippen LogP) is 3.14. The van der Waals surface area contributed by atoms with Gasteiger partial charge in [-0.25, -0.2) is 9.97 Å². The first-order valence-corrected chi connectivity index (χ1v) is 5.42. The van der Waals surface area contributed by atoms with Gasteiger partial charge in [-0.15, -0.1) is 0 Å². The standard InChI is InChI=1S/C12H17N3/c1-8(2)11-10-5-6-15(9(3)4)12(10)14-7-13-11/h5-9H,1-4H3. The van der Waals surface area contributed by atoms with Gasteiger partial charge < -0.3 is 4.57 Å². The first-order chi connectivity index (χ1) is 7.11. The predicted molar refractivity (Wildman–Crippen MR) is 62.0 cm³/mol. The summed E-state index contributed by atoms with van der Waals surface area (Å²) in [5, 5.41) is 1.18. The van der Waals surface area contributed by atoms with Crippen LogP contribution in [0.3, 0.4) is 0 Å². The van der Waals surface area contributed by atoms with E-state index in [0.717, 1.165) is 11.3 Å². The average molecular weight is 203 g/mol. The van der Waals surface area contributed by atoms with Crippen LogP contribution in [0.15, 0.2) is 18.6 Å². The maximum atomic E-state index is 4.36. The molecular weight excluding hydrogens is 186 g/mol. The highest BCUT2D eigenvalue weighted by molar-refractivity contribution is 5.79. The van der Waals surface area contributed by atoms with Crippen molar-refractivity contribution in [2.45, 2.75) is 39.7 Å². The van der Waals surface area contributed by atoms with Gasteiger partial charge in [0.25, 0.3) is 0 Å². The zero-order valence-electron chi connectivity index (χ0n) is 9.73. The molecule has 0 aliphatic heterocycles. The summed E-state index contributed by atoms with van der Waals surface area (Å²) in [5.41, 5.74) is 2.18. The maximum Gasteiger partial charge on any atom is 0.143 e. The molecule has 15 heavy (non-hydrogen) atoms. The van der Waals surface area contributed by atoms with Crippen molar-refractivity contribution in [3.05, 3.63) is 24.3 Å². The molecule has 3 heteroatoms. The van der Waals surface area contributed by atoms with E-state index in [-0.39, 0.29) is 0 Å². The Morgan fingerprint density at radius 2 is 1.87 bits per heavy atom. The van der Waals surface area contributed by atoms with Gasteiger partial charge in [0.2, 0.25) is 0 Å². The third-order valence-electron chi connectivity index (χ3n) is 2.64. The molecule has 0 saturated carbocycles. The molecule has 0 unspecified atom stereocenters. The summed E-state index contributed by atoms with van der Waals surface area (Å²) in [5.74, 6) is 0.443. The quantitative estimate of drug-likeness (QED) is 0.750. The van der Waals surface area contributed by atoms with Crippen LogP contribution < -0.4 is 0 Å². The molecule has 80 valence electrons. The summed E-state index contributed by atoms with van der Waals surface area (Å²) < 4.78 is 2.18. The molecule has 0 spiro atoms. The fourth-order valence-electron chi connectivity index (χ4n) is 1.87. The summed E-state index contributed by atoms with van der Waals surface area (Å²) in [6.45, 7) is 8.65. The molecule has 0 saturated heterocycles. The lowest BCUT2D eigenvalue weighted by Crippen LogP contribution is -2.01. The van der Waals surface area contributed by atoms with E-state index in [1.54, 1.807) is 6.33 Å². The molecule has 0 aliphatic rings. The van der Waals surface area contributed by atoms with Crippen LogP contribution in [0.25, 0.3) is 11.0 Å². The Morgan fingerprint density at radius 3 is 2.47 bits per heavy atom. The molecule has 0 N–H and O–H groups in total. The van der Waals surface area contributed by atoms with Crippen molar-refractivity contribution in [1.82, 2.24) is 14.5 Å². The van der Waals surface area contributed by atoms with Crippen molar-refractivity contribution < 1.29 is 0 Å². The molecule has 2 aromatic heterocycles. The van der Waals surface area contributed by atoms with Crippen LogP contribution in [0.1, 0.15) is 45.3 Å². The van der Waals surface area contributed by atoms with Crippen LogP contribution in [0.2, 0.25) is 0 Å². The molecular formula is C12H17N3. The maximum absolute atomic E-state index is 4.36.